The molecule has 176 valence electrons. The summed E-state index contributed by atoms with van der Waals surface area (Å²) < 4.78 is 20.3. The van der Waals surface area contributed by atoms with Crippen LogP contribution in [0.2, 0.25) is 0 Å². The predicted octanol–water partition coefficient (Wildman–Crippen LogP) is 5.69. The molecule has 2 heterocycles. The first-order valence-corrected chi connectivity index (χ1v) is 11.7. The van der Waals surface area contributed by atoms with Gasteiger partial charge in [0.05, 0.1) is 28.9 Å². The molecular weight excluding hydrogens is 467 g/mol. The number of nitrogens with zero attached hydrogens (tertiary/aromatic N) is 2. The molecule has 4 aromatic rings. The Morgan fingerprint density at radius 1 is 1.09 bits per heavy atom. The van der Waals surface area contributed by atoms with Crippen LogP contribution in [-0.4, -0.2) is 28.9 Å². The number of fused-ring (bicyclic) bond motifs is 1. The monoisotopic (exact) mass is 488 g/mol. The van der Waals surface area contributed by atoms with Gasteiger partial charge in [0.2, 0.25) is 0 Å². The number of halogens is 1. The van der Waals surface area contributed by atoms with Crippen molar-refractivity contribution in [2.24, 2.45) is 0 Å². The number of anilines is 1. The number of amides is 1. The number of methoxy groups -OCH3 is 1. The van der Waals surface area contributed by atoms with E-state index in [1.165, 1.54) is 41.5 Å². The van der Waals surface area contributed by atoms with E-state index in [2.05, 4.69) is 4.98 Å². The van der Waals surface area contributed by atoms with Crippen LogP contribution in [0, 0.1) is 19.7 Å². The number of carbonyl (C=O) groups excluding carboxylic acids is 2. The number of aliphatic hydroxyl groups is 1. The molecule has 35 heavy (non-hydrogen) atoms. The molecule has 0 spiro atoms. The van der Waals surface area contributed by atoms with Crippen LogP contribution in [0.15, 0.2) is 66.2 Å². The van der Waals surface area contributed by atoms with Gasteiger partial charge in [-0.2, -0.15) is 0 Å². The van der Waals surface area contributed by atoms with E-state index < -0.39 is 23.5 Å². The Bertz CT molecular complexity index is 1520. The molecule has 1 unspecified atom stereocenters. The van der Waals surface area contributed by atoms with Gasteiger partial charge in [-0.15, -0.1) is 0 Å². The third kappa shape index (κ3) is 3.85. The van der Waals surface area contributed by atoms with Crippen molar-refractivity contribution >= 4 is 44.1 Å². The number of thiazole rings is 1. The zero-order valence-corrected chi connectivity index (χ0v) is 20.0. The molecule has 0 aliphatic carbocycles. The number of benzene rings is 3. The van der Waals surface area contributed by atoms with Crippen molar-refractivity contribution < 1.29 is 23.8 Å². The highest BCUT2D eigenvalue weighted by atomic mass is 32.1. The molecule has 1 N–H and O–H groups in total. The molecule has 1 aromatic heterocycles. The molecule has 1 amide bonds. The number of hydrogen-bond acceptors (Lipinski definition) is 6. The number of carbonyl (C=O) groups is 2. The number of ketones is 1. The van der Waals surface area contributed by atoms with E-state index in [0.29, 0.717) is 22.0 Å². The van der Waals surface area contributed by atoms with Gasteiger partial charge in [0.1, 0.15) is 17.3 Å². The summed E-state index contributed by atoms with van der Waals surface area (Å²) in [4.78, 5) is 32.5. The Morgan fingerprint density at radius 3 is 2.51 bits per heavy atom. The lowest BCUT2D eigenvalue weighted by Gasteiger charge is -2.23. The first-order valence-electron chi connectivity index (χ1n) is 10.9. The number of Topliss-reactive ketones (excluding diaryl/α,β-unsaturated/α-hetero) is 1. The number of rotatable bonds is 4. The van der Waals surface area contributed by atoms with Crippen LogP contribution in [0.5, 0.6) is 5.75 Å². The van der Waals surface area contributed by atoms with Crippen LogP contribution >= 0.6 is 11.3 Å². The molecule has 1 fully saturated rings. The summed E-state index contributed by atoms with van der Waals surface area (Å²) in [7, 11) is 1.52. The summed E-state index contributed by atoms with van der Waals surface area (Å²) >= 11 is 1.27. The van der Waals surface area contributed by atoms with Gasteiger partial charge >= 0.3 is 5.91 Å². The van der Waals surface area contributed by atoms with Gasteiger partial charge in [-0.05, 0) is 73.0 Å². The maximum absolute atomic E-state index is 14.2. The second-order valence-electron chi connectivity index (χ2n) is 8.38. The Morgan fingerprint density at radius 2 is 1.83 bits per heavy atom. The smallest absolute Gasteiger partial charge is 0.301 e. The Hall–Kier alpha value is -4.04. The predicted molar refractivity (Wildman–Crippen MR) is 133 cm³/mol. The van der Waals surface area contributed by atoms with E-state index in [-0.39, 0.29) is 11.3 Å². The highest BCUT2D eigenvalue weighted by Crippen LogP contribution is 2.44. The summed E-state index contributed by atoms with van der Waals surface area (Å²) in [5.41, 5.74) is 3.28. The van der Waals surface area contributed by atoms with Crippen molar-refractivity contribution in [3.8, 4) is 5.75 Å². The molecule has 6 nitrogen and oxygen atoms in total. The number of aromatic nitrogens is 1. The fourth-order valence-electron chi connectivity index (χ4n) is 4.39. The van der Waals surface area contributed by atoms with E-state index in [0.717, 1.165) is 21.3 Å². The highest BCUT2D eigenvalue weighted by molar-refractivity contribution is 7.22. The normalized spacial score (nSPS) is 17.4. The maximum Gasteiger partial charge on any atom is 0.301 e. The second kappa shape index (κ2) is 8.63. The van der Waals surface area contributed by atoms with E-state index >= 15 is 0 Å². The minimum atomic E-state index is -1.05. The molecule has 0 saturated carbocycles. The Labute approximate surface area is 204 Å². The van der Waals surface area contributed by atoms with Crippen LogP contribution in [-0.2, 0) is 9.59 Å². The van der Waals surface area contributed by atoms with Gasteiger partial charge in [-0.25, -0.2) is 9.37 Å². The van der Waals surface area contributed by atoms with Crippen LogP contribution in [0.3, 0.4) is 0 Å². The van der Waals surface area contributed by atoms with E-state index in [9.17, 15) is 19.1 Å². The van der Waals surface area contributed by atoms with Gasteiger partial charge in [0, 0.05) is 5.56 Å². The van der Waals surface area contributed by atoms with Crippen molar-refractivity contribution in [1.82, 2.24) is 4.98 Å². The van der Waals surface area contributed by atoms with Gasteiger partial charge < -0.3 is 9.84 Å². The third-order valence-corrected chi connectivity index (χ3v) is 7.00. The number of aryl methyl sites for hydroxylation is 2. The topological polar surface area (TPSA) is 79.7 Å². The van der Waals surface area contributed by atoms with Crippen LogP contribution in [0.4, 0.5) is 9.52 Å². The molecule has 1 atom stereocenters. The molecule has 1 saturated heterocycles. The zero-order chi connectivity index (χ0) is 24.9. The van der Waals surface area contributed by atoms with Crippen molar-refractivity contribution in [3.63, 3.8) is 0 Å². The fourth-order valence-corrected chi connectivity index (χ4v) is 5.56. The van der Waals surface area contributed by atoms with E-state index in [1.807, 2.05) is 26.0 Å². The first-order chi connectivity index (χ1) is 16.8. The molecular formula is C27H21FN2O4S. The molecule has 1 aliphatic heterocycles. The standard InChI is InChI=1S/C27H21FN2O4S/c1-14-11-15(2)22-20(12-14)35-27(29-22)30-23(17-5-4-6-18(28)13-17)21(25(32)26(30)33)24(31)16-7-9-19(34-3)10-8-16/h4-13,23,31H,1-3H3/b24-21+. The highest BCUT2D eigenvalue weighted by Gasteiger charge is 2.48. The quantitative estimate of drug-likeness (QED) is 0.227. The fraction of sp³-hybridized carbons (Fsp3) is 0.148. The third-order valence-electron chi connectivity index (χ3n) is 6.00. The Balaban J connectivity index is 1.73. The van der Waals surface area contributed by atoms with Crippen LogP contribution in [0.1, 0.15) is 28.3 Å². The largest absolute Gasteiger partial charge is 0.507 e. The van der Waals surface area contributed by atoms with Crippen molar-refractivity contribution in [2.75, 3.05) is 12.0 Å². The number of ether oxygens (including phenoxy) is 1. The van der Waals surface area contributed by atoms with Gasteiger partial charge in [-0.3, -0.25) is 14.5 Å². The van der Waals surface area contributed by atoms with Gasteiger partial charge in [0.15, 0.2) is 5.13 Å². The molecule has 0 bridgehead atoms. The summed E-state index contributed by atoms with van der Waals surface area (Å²) in [6.07, 6.45) is 0. The van der Waals surface area contributed by atoms with Crippen molar-refractivity contribution in [1.29, 1.82) is 0 Å². The van der Waals surface area contributed by atoms with Crippen molar-refractivity contribution in [2.45, 2.75) is 19.9 Å². The number of aliphatic hydroxyl groups excluding tert-OH is 1. The maximum atomic E-state index is 14.2. The minimum Gasteiger partial charge on any atom is -0.507 e. The average molecular weight is 489 g/mol. The van der Waals surface area contributed by atoms with Crippen LogP contribution in [0.25, 0.3) is 16.0 Å². The van der Waals surface area contributed by atoms with E-state index in [4.69, 9.17) is 4.74 Å². The number of hydrogen-bond donors (Lipinski definition) is 1. The summed E-state index contributed by atoms with van der Waals surface area (Å²) in [6.45, 7) is 3.90. The molecule has 0 radical (unpaired) electrons. The Kier molecular flexibility index (Phi) is 5.61. The molecule has 8 heteroatoms. The lowest BCUT2D eigenvalue weighted by atomic mass is 9.95. The van der Waals surface area contributed by atoms with Crippen molar-refractivity contribution in [3.05, 3.63) is 94.3 Å². The van der Waals surface area contributed by atoms with Gasteiger partial charge in [0.25, 0.3) is 5.78 Å². The first kappa shape index (κ1) is 22.7. The minimum absolute atomic E-state index is 0.127. The van der Waals surface area contributed by atoms with E-state index in [1.54, 1.807) is 30.3 Å². The zero-order valence-electron chi connectivity index (χ0n) is 19.2. The SMILES string of the molecule is COc1ccc(/C(O)=C2\C(=O)C(=O)N(c3nc4c(C)cc(C)cc4s3)C2c2cccc(F)c2)cc1. The summed E-state index contributed by atoms with van der Waals surface area (Å²) in [6, 6.07) is 15.0. The summed E-state index contributed by atoms with van der Waals surface area (Å²) in [5, 5.41) is 11.5. The average Bonchev–Trinajstić information content (AvgIpc) is 3.37. The lowest BCUT2D eigenvalue weighted by Crippen LogP contribution is -2.29. The van der Waals surface area contributed by atoms with Crippen LogP contribution < -0.4 is 9.64 Å². The van der Waals surface area contributed by atoms with Gasteiger partial charge in [-0.1, -0.05) is 29.5 Å². The lowest BCUT2D eigenvalue weighted by molar-refractivity contribution is -0.132. The molecule has 5 rings (SSSR count). The second-order valence-corrected chi connectivity index (χ2v) is 9.39. The molecule has 3 aromatic carbocycles. The summed E-state index contributed by atoms with van der Waals surface area (Å²) in [5.74, 6) is -1.99. The molecule has 1 aliphatic rings.